The van der Waals surface area contributed by atoms with E-state index < -0.39 is 35.8 Å². The molecule has 0 fully saturated rings. The summed E-state index contributed by atoms with van der Waals surface area (Å²) in [6, 6.07) is 20.8. The van der Waals surface area contributed by atoms with Crippen LogP contribution in [0.3, 0.4) is 0 Å². The number of H-pyrrole nitrogens is 1. The third kappa shape index (κ3) is 15.2. The molecule has 6 N–H and O–H groups in total. The number of Topliss-reactive ketones (excluding diaryl/α,β-unsaturated/α-hetero) is 1. The first kappa shape index (κ1) is 54.2. The van der Waals surface area contributed by atoms with Crippen molar-refractivity contribution in [3.63, 3.8) is 0 Å². The first-order chi connectivity index (χ1) is 36.1. The van der Waals surface area contributed by atoms with Gasteiger partial charge in [0.1, 0.15) is 24.6 Å². The molecule has 0 spiro atoms. The Kier molecular flexibility index (Phi) is 18.7. The lowest BCUT2D eigenvalue weighted by molar-refractivity contribution is -0.137. The van der Waals surface area contributed by atoms with Crippen molar-refractivity contribution < 1.29 is 42.7 Å². The van der Waals surface area contributed by atoms with Gasteiger partial charge in [0, 0.05) is 73.7 Å². The SMILES string of the molecule is Cc1cccc(-c2[nH]c(CN(CCc3ccccc3F)C(=O)OCc3ccc(NC(=O)[C@H](CCCNC(N)=O)CC(=O)[C@@H](NC(=O)CCCCCN4C(=O)C=CC4=O)C(C)C)cc3)nc2-c2ccc3ncnn3c2)n1. The average Bonchev–Trinajstić information content (AvgIpc) is 4.13. The molecule has 75 heavy (non-hydrogen) atoms. The van der Waals surface area contributed by atoms with Crippen molar-refractivity contribution in [2.24, 2.45) is 17.6 Å². The van der Waals surface area contributed by atoms with Crippen LogP contribution in [0, 0.1) is 24.6 Å². The minimum absolute atomic E-state index is 0.0255. The highest BCUT2D eigenvalue weighted by atomic mass is 19.1. The Balaban J connectivity index is 0.986. The second-order valence-electron chi connectivity index (χ2n) is 18.6. The van der Waals surface area contributed by atoms with Gasteiger partial charge in [-0.3, -0.25) is 33.9 Å². The Hall–Kier alpha value is -8.62. The van der Waals surface area contributed by atoms with Crippen LogP contribution < -0.4 is 21.7 Å². The Morgan fingerprint density at radius 1 is 0.893 bits per heavy atom. The Morgan fingerprint density at radius 2 is 1.67 bits per heavy atom. The summed E-state index contributed by atoms with van der Waals surface area (Å²) >= 11 is 0. The molecule has 1 aliphatic rings. The van der Waals surface area contributed by atoms with E-state index in [9.17, 15) is 38.0 Å². The number of aromatic amines is 1. The molecule has 0 radical (unpaired) electrons. The molecule has 2 atom stereocenters. The van der Waals surface area contributed by atoms with Crippen LogP contribution in [0.4, 0.5) is 19.7 Å². The van der Waals surface area contributed by atoms with Gasteiger partial charge in [0.2, 0.25) is 11.8 Å². The monoisotopic (exact) mass is 1020 g/mol. The summed E-state index contributed by atoms with van der Waals surface area (Å²) in [4.78, 5) is 110. The number of imidazole rings is 1. The molecule has 5 heterocycles. The topological polar surface area (TPSA) is 269 Å². The van der Waals surface area contributed by atoms with Gasteiger partial charge in [0.25, 0.3) is 11.8 Å². The van der Waals surface area contributed by atoms with Crippen LogP contribution in [-0.4, -0.2) is 107 Å². The molecular formula is C54H61FN12O8. The van der Waals surface area contributed by atoms with Gasteiger partial charge >= 0.3 is 12.1 Å². The number of primary amides is 1. The van der Waals surface area contributed by atoms with Crippen molar-refractivity contribution in [1.82, 2.24) is 50.0 Å². The van der Waals surface area contributed by atoms with Gasteiger partial charge in [-0.1, -0.05) is 56.7 Å². The third-order valence-electron chi connectivity index (χ3n) is 12.6. The number of ether oxygens (including phenoxy) is 1. The molecule has 2 aromatic carbocycles. The molecule has 1 aliphatic heterocycles. The Bertz CT molecular complexity index is 3030. The summed E-state index contributed by atoms with van der Waals surface area (Å²) in [5.41, 5.74) is 10.7. The van der Waals surface area contributed by atoms with Gasteiger partial charge in [0.15, 0.2) is 11.4 Å². The predicted octanol–water partition coefficient (Wildman–Crippen LogP) is 6.60. The number of rotatable bonds is 26. The summed E-state index contributed by atoms with van der Waals surface area (Å²) in [6.45, 7) is 5.84. The van der Waals surface area contributed by atoms with E-state index in [0.717, 1.165) is 16.2 Å². The highest BCUT2D eigenvalue weighted by Gasteiger charge is 2.30. The van der Waals surface area contributed by atoms with E-state index in [2.05, 4.69) is 31.0 Å². The molecule has 6 aromatic rings. The van der Waals surface area contributed by atoms with Crippen LogP contribution in [0.2, 0.25) is 0 Å². The highest BCUT2D eigenvalue weighted by molar-refractivity contribution is 6.12. The number of nitrogens with zero attached hydrogens (tertiary/aromatic N) is 7. The van der Waals surface area contributed by atoms with Crippen LogP contribution in [-0.2, 0) is 48.3 Å². The summed E-state index contributed by atoms with van der Waals surface area (Å²) in [5, 5.41) is 12.5. The smallest absolute Gasteiger partial charge is 0.410 e. The maximum absolute atomic E-state index is 14.8. The van der Waals surface area contributed by atoms with Gasteiger partial charge < -0.3 is 36.3 Å². The number of carbonyl (C=O) groups is 7. The van der Waals surface area contributed by atoms with E-state index in [4.69, 9.17) is 20.4 Å². The van der Waals surface area contributed by atoms with Crippen molar-refractivity contribution in [1.29, 1.82) is 0 Å². The summed E-state index contributed by atoms with van der Waals surface area (Å²) < 4.78 is 22.3. The van der Waals surface area contributed by atoms with Crippen LogP contribution >= 0.6 is 0 Å². The number of urea groups is 1. The molecule has 7 rings (SSSR count). The second kappa shape index (κ2) is 25.9. The fraction of sp³-hybridized carbons (Fsp3) is 0.352. The first-order valence-electron chi connectivity index (χ1n) is 24.9. The molecule has 0 bridgehead atoms. The van der Waals surface area contributed by atoms with Crippen molar-refractivity contribution >= 4 is 52.9 Å². The third-order valence-corrected chi connectivity index (χ3v) is 12.6. The number of fused-ring (bicyclic) bond motifs is 1. The molecule has 0 unspecified atom stereocenters. The number of ketones is 1. The lowest BCUT2D eigenvalue weighted by atomic mass is 9.89. The summed E-state index contributed by atoms with van der Waals surface area (Å²) in [6.07, 6.45) is 7.32. The molecular weight excluding hydrogens is 964 g/mol. The van der Waals surface area contributed by atoms with Gasteiger partial charge in [0.05, 0.1) is 29.7 Å². The van der Waals surface area contributed by atoms with Crippen molar-refractivity contribution in [3.05, 3.63) is 132 Å². The van der Waals surface area contributed by atoms with Gasteiger partial charge in [-0.25, -0.2) is 28.5 Å². The van der Waals surface area contributed by atoms with E-state index in [0.29, 0.717) is 71.1 Å². The lowest BCUT2D eigenvalue weighted by Gasteiger charge is -2.24. The van der Waals surface area contributed by atoms with Gasteiger partial charge in [-0.15, -0.1) is 0 Å². The normalized spacial score (nSPS) is 13.0. The fourth-order valence-electron chi connectivity index (χ4n) is 8.57. The molecule has 0 saturated heterocycles. The standard InChI is InChI=1S/C54H61FN12O8/c1-34(2)49(64-46(69)16-5-4-8-27-66-47(70)23-24-48(66)71)43(68)29-38(13-10-26-57-53(56)73)52(72)61-40-20-17-36(18-21-40)32-75-54(74)65(28-25-37-12-6-7-14-41(37)55)31-44-62-50(39-19-22-45-58-33-59-67(45)30-39)51(63-44)42-15-9-11-35(3)60-42/h6-7,9,11-12,14-15,17-24,30,33-34,38,49H,4-5,8,10,13,16,25-29,31-32H2,1-3H3,(H,61,72)(H,62,63)(H,64,69)(H3,56,57,73)/t38-,49+/m1/s1. The van der Waals surface area contributed by atoms with Crippen molar-refractivity contribution in [3.8, 4) is 22.6 Å². The largest absolute Gasteiger partial charge is 0.445 e. The van der Waals surface area contributed by atoms with Crippen LogP contribution in [0.25, 0.3) is 28.3 Å². The van der Waals surface area contributed by atoms with Crippen molar-refractivity contribution in [2.45, 2.75) is 91.3 Å². The predicted molar refractivity (Wildman–Crippen MR) is 275 cm³/mol. The zero-order valence-corrected chi connectivity index (χ0v) is 42.1. The van der Waals surface area contributed by atoms with E-state index in [-0.39, 0.29) is 87.9 Å². The number of hydrogen-bond donors (Lipinski definition) is 5. The van der Waals surface area contributed by atoms with Crippen LogP contribution in [0.15, 0.2) is 104 Å². The number of hydrogen-bond acceptors (Lipinski definition) is 12. The maximum atomic E-state index is 14.8. The van der Waals surface area contributed by atoms with E-state index in [1.807, 2.05) is 37.3 Å². The van der Waals surface area contributed by atoms with Crippen LogP contribution in [0.5, 0.6) is 0 Å². The Labute approximate surface area is 432 Å². The molecule has 4 aromatic heterocycles. The number of nitrogens with two attached hydrogens (primary N) is 1. The number of nitrogens with one attached hydrogen (secondary N) is 4. The molecule has 392 valence electrons. The van der Waals surface area contributed by atoms with E-state index in [1.165, 1.54) is 29.4 Å². The quantitative estimate of drug-likeness (QED) is 0.0284. The fourth-order valence-corrected chi connectivity index (χ4v) is 8.57. The number of anilines is 1. The number of pyridine rings is 2. The van der Waals surface area contributed by atoms with Crippen molar-refractivity contribution in [2.75, 3.05) is 25.0 Å². The average molecular weight is 1030 g/mol. The zero-order chi connectivity index (χ0) is 53.4. The summed E-state index contributed by atoms with van der Waals surface area (Å²) in [7, 11) is 0. The number of benzene rings is 2. The molecule has 20 nitrogen and oxygen atoms in total. The summed E-state index contributed by atoms with van der Waals surface area (Å²) in [5.74, 6) is -2.93. The molecule has 7 amide bonds. The number of amides is 7. The molecule has 0 saturated carbocycles. The molecule has 0 aliphatic carbocycles. The number of imide groups is 1. The number of aryl methyl sites for hydroxylation is 1. The Morgan fingerprint density at radius 3 is 2.40 bits per heavy atom. The number of aromatic nitrogens is 6. The van der Waals surface area contributed by atoms with Gasteiger partial charge in [-0.2, -0.15) is 5.10 Å². The zero-order valence-electron chi connectivity index (χ0n) is 42.1. The van der Waals surface area contributed by atoms with Crippen LogP contribution in [0.1, 0.15) is 81.4 Å². The number of halogens is 1. The minimum atomic E-state index is -0.869. The van der Waals surface area contributed by atoms with E-state index >= 15 is 0 Å². The number of unbranched alkanes of at least 4 members (excludes halogenated alkanes) is 2. The van der Waals surface area contributed by atoms with E-state index in [1.54, 1.807) is 67.0 Å². The maximum Gasteiger partial charge on any atom is 0.410 e. The minimum Gasteiger partial charge on any atom is -0.445 e. The lowest BCUT2D eigenvalue weighted by Crippen LogP contribution is -2.45. The number of carbonyl (C=O) groups excluding carboxylic acids is 7. The second-order valence-corrected chi connectivity index (χ2v) is 18.6. The highest BCUT2D eigenvalue weighted by Crippen LogP contribution is 2.30. The first-order valence-corrected chi connectivity index (χ1v) is 24.9. The molecule has 21 heteroatoms. The van der Waals surface area contributed by atoms with Gasteiger partial charge in [-0.05, 0) is 98.5 Å².